The molecule has 0 aliphatic heterocycles. The number of ether oxygens (including phenoxy) is 3. The topological polar surface area (TPSA) is 242 Å². The molecule has 0 bridgehead atoms. The SMILES string of the molecule is CC(C)(C)OC[C@H](NC(=O)OCC1c2ccccc2-c2ccccc21)C(=O)N[C@H](Cc1ccccc1)C(=O)N[C@H](CCC(N)=O)C(=O)N[C@H](CCC(=O)OC(C)(C)C)C(=O)O. The van der Waals surface area contributed by atoms with E-state index in [4.69, 9.17) is 19.9 Å². The summed E-state index contributed by atoms with van der Waals surface area (Å²) in [6.45, 7) is 9.94. The maximum atomic E-state index is 14.1. The molecule has 3 aromatic carbocycles. The van der Waals surface area contributed by atoms with E-state index in [0.717, 1.165) is 22.3 Å². The number of hydrogen-bond acceptors (Lipinski definition) is 10. The van der Waals surface area contributed by atoms with Crippen molar-refractivity contribution in [3.8, 4) is 11.1 Å². The van der Waals surface area contributed by atoms with E-state index in [9.17, 15) is 38.7 Å². The number of hydrogen-bond donors (Lipinski definition) is 6. The van der Waals surface area contributed by atoms with Crippen molar-refractivity contribution in [1.29, 1.82) is 0 Å². The summed E-state index contributed by atoms with van der Waals surface area (Å²) in [7, 11) is 0. The molecule has 61 heavy (non-hydrogen) atoms. The highest BCUT2D eigenvalue weighted by molar-refractivity contribution is 5.95. The molecule has 16 heteroatoms. The number of alkyl carbamates (subject to hydrolysis) is 1. The van der Waals surface area contributed by atoms with Crippen LogP contribution in [0.5, 0.6) is 0 Å². The number of nitrogens with two attached hydrogens (primary N) is 1. The summed E-state index contributed by atoms with van der Waals surface area (Å²) in [6.07, 6.45) is -2.31. The summed E-state index contributed by atoms with van der Waals surface area (Å²) in [4.78, 5) is 91.3. The minimum atomic E-state index is -1.56. The molecule has 0 heterocycles. The van der Waals surface area contributed by atoms with Crippen LogP contribution in [-0.2, 0) is 49.4 Å². The lowest BCUT2D eigenvalue weighted by Gasteiger charge is -2.28. The summed E-state index contributed by atoms with van der Waals surface area (Å²) < 4.78 is 16.9. The second kappa shape index (κ2) is 21.3. The van der Waals surface area contributed by atoms with Crippen LogP contribution in [0.1, 0.15) is 89.8 Å². The van der Waals surface area contributed by atoms with Crippen LogP contribution in [0.4, 0.5) is 4.79 Å². The fourth-order valence-corrected chi connectivity index (χ4v) is 6.64. The van der Waals surface area contributed by atoms with Crippen LogP contribution in [0, 0.1) is 0 Å². The average Bonchev–Trinajstić information content (AvgIpc) is 3.50. The molecule has 0 aromatic heterocycles. The van der Waals surface area contributed by atoms with Crippen molar-refractivity contribution in [3.05, 3.63) is 95.6 Å². The molecule has 0 saturated carbocycles. The molecular weight excluding hydrogens is 787 g/mol. The van der Waals surface area contributed by atoms with E-state index in [0.29, 0.717) is 5.56 Å². The monoisotopic (exact) mass is 843 g/mol. The van der Waals surface area contributed by atoms with Gasteiger partial charge in [-0.25, -0.2) is 9.59 Å². The first-order valence-electron chi connectivity index (χ1n) is 20.1. The Hall–Kier alpha value is -6.29. The summed E-state index contributed by atoms with van der Waals surface area (Å²) in [5.41, 5.74) is 8.53. The molecule has 4 rings (SSSR count). The van der Waals surface area contributed by atoms with E-state index in [2.05, 4.69) is 21.3 Å². The van der Waals surface area contributed by atoms with Gasteiger partial charge in [-0.15, -0.1) is 0 Å². The highest BCUT2D eigenvalue weighted by atomic mass is 16.6. The number of primary amides is 1. The third kappa shape index (κ3) is 15.0. The van der Waals surface area contributed by atoms with Gasteiger partial charge in [0.15, 0.2) is 0 Å². The molecule has 1 aliphatic carbocycles. The van der Waals surface area contributed by atoms with E-state index in [1.165, 1.54) is 0 Å². The lowest BCUT2D eigenvalue weighted by molar-refractivity contribution is -0.155. The lowest BCUT2D eigenvalue weighted by Crippen LogP contribution is -2.59. The Morgan fingerprint density at radius 3 is 1.70 bits per heavy atom. The standard InChI is InChI=1S/C45H57N5O11/c1-44(2,3)60-26-36(50-43(58)59-25-32-30-18-12-10-16-28(30)29-17-11-13-19-31(29)32)41(55)49-35(24-27-14-8-7-9-15-27)40(54)47-33(20-22-37(46)51)39(53)48-34(42(56)57)21-23-38(52)61-45(4,5)6/h7-19,32-36H,20-26H2,1-6H3,(H2,46,51)(H,47,54)(H,48,53)(H,49,55)(H,50,58)(H,56,57)/t33-,34-,35-,36+/m1/s1. The molecule has 328 valence electrons. The Labute approximate surface area is 355 Å². The van der Waals surface area contributed by atoms with Gasteiger partial charge in [-0.1, -0.05) is 78.9 Å². The van der Waals surface area contributed by atoms with Crippen LogP contribution in [-0.4, -0.2) is 95.4 Å². The third-order valence-corrected chi connectivity index (χ3v) is 9.54. The zero-order chi connectivity index (χ0) is 44.9. The highest BCUT2D eigenvalue weighted by Crippen LogP contribution is 2.44. The van der Waals surface area contributed by atoms with Gasteiger partial charge in [0.05, 0.1) is 12.2 Å². The molecule has 0 spiro atoms. The van der Waals surface area contributed by atoms with Crippen molar-refractivity contribution in [2.45, 2.75) is 115 Å². The number of aliphatic carboxylic acids is 1. The van der Waals surface area contributed by atoms with Crippen molar-refractivity contribution in [2.75, 3.05) is 13.2 Å². The van der Waals surface area contributed by atoms with Gasteiger partial charge in [-0.3, -0.25) is 24.0 Å². The Morgan fingerprint density at radius 1 is 0.639 bits per heavy atom. The molecule has 16 nitrogen and oxygen atoms in total. The van der Waals surface area contributed by atoms with Crippen LogP contribution in [0.15, 0.2) is 78.9 Å². The molecule has 0 saturated heterocycles. The maximum Gasteiger partial charge on any atom is 0.407 e. The van der Waals surface area contributed by atoms with Crippen molar-refractivity contribution in [3.63, 3.8) is 0 Å². The van der Waals surface area contributed by atoms with Crippen LogP contribution in [0.2, 0.25) is 0 Å². The van der Waals surface area contributed by atoms with Gasteiger partial charge >= 0.3 is 18.0 Å². The van der Waals surface area contributed by atoms with Crippen molar-refractivity contribution in [2.24, 2.45) is 5.73 Å². The van der Waals surface area contributed by atoms with E-state index in [1.54, 1.807) is 71.9 Å². The lowest BCUT2D eigenvalue weighted by atomic mass is 9.98. The maximum absolute atomic E-state index is 14.1. The summed E-state index contributed by atoms with van der Waals surface area (Å²) in [5.74, 6) is -5.79. The molecule has 0 unspecified atom stereocenters. The molecule has 0 radical (unpaired) electrons. The van der Waals surface area contributed by atoms with E-state index in [-0.39, 0.29) is 51.2 Å². The molecule has 1 aliphatic rings. The fraction of sp³-hybridized carbons (Fsp3) is 0.444. The Morgan fingerprint density at radius 2 is 1.15 bits per heavy atom. The first-order valence-corrected chi connectivity index (χ1v) is 20.1. The fourth-order valence-electron chi connectivity index (χ4n) is 6.64. The van der Waals surface area contributed by atoms with Crippen LogP contribution in [0.25, 0.3) is 11.1 Å². The summed E-state index contributed by atoms with van der Waals surface area (Å²) in [6, 6.07) is 18.6. The summed E-state index contributed by atoms with van der Waals surface area (Å²) >= 11 is 0. The van der Waals surface area contributed by atoms with Crippen molar-refractivity contribution in [1.82, 2.24) is 21.3 Å². The van der Waals surface area contributed by atoms with Crippen molar-refractivity contribution >= 4 is 41.7 Å². The largest absolute Gasteiger partial charge is 0.480 e. The smallest absolute Gasteiger partial charge is 0.407 e. The van der Waals surface area contributed by atoms with Gasteiger partial charge in [0.25, 0.3) is 0 Å². The first kappa shape index (κ1) is 47.4. The van der Waals surface area contributed by atoms with E-state index < -0.39 is 77.0 Å². The normalized spacial score (nSPS) is 14.2. The minimum Gasteiger partial charge on any atom is -0.480 e. The van der Waals surface area contributed by atoms with Gasteiger partial charge in [0.1, 0.15) is 36.4 Å². The van der Waals surface area contributed by atoms with Gasteiger partial charge in [-0.2, -0.15) is 0 Å². The number of rotatable bonds is 20. The molecular formula is C45H57N5O11. The Kier molecular flexibility index (Phi) is 16.5. The van der Waals surface area contributed by atoms with Crippen LogP contribution < -0.4 is 27.0 Å². The van der Waals surface area contributed by atoms with Crippen LogP contribution in [0.3, 0.4) is 0 Å². The molecule has 3 aromatic rings. The van der Waals surface area contributed by atoms with Gasteiger partial charge in [0.2, 0.25) is 23.6 Å². The van der Waals surface area contributed by atoms with Crippen LogP contribution >= 0.6 is 0 Å². The minimum absolute atomic E-state index is 0.0220. The molecule has 5 amide bonds. The molecule has 4 atom stereocenters. The quantitative estimate of drug-likeness (QED) is 0.0892. The Bertz CT molecular complexity index is 2000. The number of carboxylic acid groups (broad SMARTS) is 1. The number of carbonyl (C=O) groups is 7. The second-order valence-electron chi connectivity index (χ2n) is 16.8. The first-order chi connectivity index (χ1) is 28.7. The van der Waals surface area contributed by atoms with Crippen molar-refractivity contribution < 1.29 is 52.9 Å². The number of nitrogens with one attached hydrogen (secondary N) is 4. The zero-order valence-corrected chi connectivity index (χ0v) is 35.4. The number of benzene rings is 3. The predicted octanol–water partition coefficient (Wildman–Crippen LogP) is 3.88. The second-order valence-corrected chi connectivity index (χ2v) is 16.8. The molecule has 0 fully saturated rings. The number of esters is 1. The zero-order valence-electron chi connectivity index (χ0n) is 35.4. The number of carbonyl (C=O) groups excluding carboxylic acids is 6. The predicted molar refractivity (Wildman–Crippen MR) is 225 cm³/mol. The number of fused-ring (bicyclic) bond motifs is 3. The average molecular weight is 844 g/mol. The Balaban J connectivity index is 1.52. The van der Waals surface area contributed by atoms with E-state index >= 15 is 0 Å². The van der Waals surface area contributed by atoms with Gasteiger partial charge in [0, 0.05) is 25.2 Å². The number of carboxylic acids is 1. The highest BCUT2D eigenvalue weighted by Gasteiger charge is 2.34. The molecule has 7 N–H and O–H groups in total. The van der Waals surface area contributed by atoms with Gasteiger partial charge < -0.3 is 46.3 Å². The third-order valence-electron chi connectivity index (χ3n) is 9.54. The number of amides is 5. The summed E-state index contributed by atoms with van der Waals surface area (Å²) in [5, 5.41) is 20.0. The van der Waals surface area contributed by atoms with E-state index in [1.807, 2.05) is 48.5 Å². The van der Waals surface area contributed by atoms with Gasteiger partial charge in [-0.05, 0) is 82.2 Å².